The van der Waals surface area contributed by atoms with E-state index in [1.807, 2.05) is 19.1 Å². The molecule has 2 aromatic carbocycles. The summed E-state index contributed by atoms with van der Waals surface area (Å²) in [7, 11) is 0. The van der Waals surface area contributed by atoms with Gasteiger partial charge in [0, 0.05) is 11.3 Å². The minimum atomic E-state index is -0.572. The topological polar surface area (TPSA) is 76.7 Å². The Bertz CT molecular complexity index is 764. The molecule has 0 aliphatic heterocycles. The average Bonchev–Trinajstić information content (AvgIpc) is 2.55. The van der Waals surface area contributed by atoms with E-state index >= 15 is 0 Å². The third kappa shape index (κ3) is 5.81. The summed E-state index contributed by atoms with van der Waals surface area (Å²) in [5.41, 5.74) is 1.05. The molecule has 2 N–H and O–H groups in total. The van der Waals surface area contributed by atoms with Crippen LogP contribution in [0.1, 0.15) is 38.1 Å². The quantitative estimate of drug-likeness (QED) is 0.815. The third-order valence-corrected chi connectivity index (χ3v) is 3.23. The monoisotopic (exact) mass is 356 g/mol. The fourth-order valence-corrected chi connectivity index (χ4v) is 2.17. The molecule has 0 saturated heterocycles. The minimum absolute atomic E-state index is 0.263. The van der Waals surface area contributed by atoms with Gasteiger partial charge in [-0.05, 0) is 64.1 Å². The molecule has 6 heteroatoms. The van der Waals surface area contributed by atoms with Crippen molar-refractivity contribution in [2.45, 2.75) is 33.3 Å². The number of amides is 2. The lowest BCUT2D eigenvalue weighted by molar-refractivity contribution is 0.0636. The van der Waals surface area contributed by atoms with E-state index in [1.165, 1.54) is 0 Å². The Balaban J connectivity index is 2.02. The van der Waals surface area contributed by atoms with Crippen molar-refractivity contribution in [3.8, 4) is 5.75 Å². The smallest absolute Gasteiger partial charge is 0.412 e. The Hall–Kier alpha value is -3.02. The molecule has 0 heterocycles. The Morgan fingerprint density at radius 2 is 1.62 bits per heavy atom. The number of hydrogen-bond acceptors (Lipinski definition) is 4. The molecule has 0 aromatic heterocycles. The highest BCUT2D eigenvalue weighted by Crippen LogP contribution is 2.24. The zero-order chi connectivity index (χ0) is 19.2. The van der Waals surface area contributed by atoms with Gasteiger partial charge in [-0.2, -0.15) is 0 Å². The molecule has 0 fully saturated rings. The molecular formula is C20H24N2O4. The van der Waals surface area contributed by atoms with Crippen molar-refractivity contribution >= 4 is 23.4 Å². The number of para-hydroxylation sites is 2. The average molecular weight is 356 g/mol. The van der Waals surface area contributed by atoms with Crippen LogP contribution in [-0.4, -0.2) is 24.2 Å². The molecule has 2 rings (SSSR count). The Morgan fingerprint density at radius 3 is 2.23 bits per heavy atom. The molecule has 0 aliphatic rings. The first-order valence-electron chi connectivity index (χ1n) is 8.42. The lowest BCUT2D eigenvalue weighted by atomic mass is 10.2. The van der Waals surface area contributed by atoms with Gasteiger partial charge in [0.15, 0.2) is 0 Å². The fraction of sp³-hybridized carbons (Fsp3) is 0.300. The number of benzene rings is 2. The summed E-state index contributed by atoms with van der Waals surface area (Å²) < 4.78 is 10.7. The Kier molecular flexibility index (Phi) is 6.22. The molecule has 6 nitrogen and oxygen atoms in total. The van der Waals surface area contributed by atoms with Crippen LogP contribution in [0, 0.1) is 0 Å². The van der Waals surface area contributed by atoms with Crippen LogP contribution in [0.2, 0.25) is 0 Å². The SMILES string of the molecule is CCOc1ccccc1NC(=O)c1ccc(NC(=O)OC(C)(C)C)cc1. The first-order valence-corrected chi connectivity index (χ1v) is 8.42. The number of nitrogens with one attached hydrogen (secondary N) is 2. The lowest BCUT2D eigenvalue weighted by Crippen LogP contribution is -2.27. The van der Waals surface area contributed by atoms with E-state index in [1.54, 1.807) is 57.2 Å². The van der Waals surface area contributed by atoms with Gasteiger partial charge in [-0.25, -0.2) is 4.79 Å². The van der Waals surface area contributed by atoms with Crippen molar-refractivity contribution < 1.29 is 19.1 Å². The summed E-state index contributed by atoms with van der Waals surface area (Å²) in [5, 5.41) is 5.45. The maximum atomic E-state index is 12.4. The van der Waals surface area contributed by atoms with Gasteiger partial charge in [-0.15, -0.1) is 0 Å². The molecular weight excluding hydrogens is 332 g/mol. The highest BCUT2D eigenvalue weighted by molar-refractivity contribution is 6.05. The van der Waals surface area contributed by atoms with Crippen molar-refractivity contribution in [1.29, 1.82) is 0 Å². The number of carbonyl (C=O) groups excluding carboxylic acids is 2. The van der Waals surface area contributed by atoms with Crippen LogP contribution in [-0.2, 0) is 4.74 Å². The van der Waals surface area contributed by atoms with Crippen LogP contribution >= 0.6 is 0 Å². The van der Waals surface area contributed by atoms with Crippen LogP contribution < -0.4 is 15.4 Å². The van der Waals surface area contributed by atoms with Crippen molar-refractivity contribution in [2.24, 2.45) is 0 Å². The molecule has 0 bridgehead atoms. The van der Waals surface area contributed by atoms with Gasteiger partial charge < -0.3 is 14.8 Å². The van der Waals surface area contributed by atoms with Gasteiger partial charge in [-0.3, -0.25) is 10.1 Å². The summed E-state index contributed by atoms with van der Waals surface area (Å²) in [6.07, 6.45) is -0.541. The highest BCUT2D eigenvalue weighted by Gasteiger charge is 2.16. The molecule has 0 unspecified atom stereocenters. The van der Waals surface area contributed by atoms with E-state index in [0.29, 0.717) is 29.3 Å². The van der Waals surface area contributed by atoms with E-state index in [0.717, 1.165) is 0 Å². The number of rotatable bonds is 5. The maximum absolute atomic E-state index is 12.4. The van der Waals surface area contributed by atoms with Gasteiger partial charge in [-0.1, -0.05) is 12.1 Å². The number of hydrogen-bond donors (Lipinski definition) is 2. The molecule has 0 radical (unpaired) electrons. The van der Waals surface area contributed by atoms with Crippen molar-refractivity contribution in [2.75, 3.05) is 17.2 Å². The molecule has 138 valence electrons. The van der Waals surface area contributed by atoms with Crippen molar-refractivity contribution in [3.63, 3.8) is 0 Å². The van der Waals surface area contributed by atoms with Crippen LogP contribution in [0.4, 0.5) is 16.2 Å². The number of ether oxygens (including phenoxy) is 2. The molecule has 2 amide bonds. The zero-order valence-electron chi connectivity index (χ0n) is 15.5. The van der Waals surface area contributed by atoms with Crippen LogP contribution in [0.5, 0.6) is 5.75 Å². The highest BCUT2D eigenvalue weighted by atomic mass is 16.6. The minimum Gasteiger partial charge on any atom is -0.492 e. The van der Waals surface area contributed by atoms with Crippen LogP contribution in [0.15, 0.2) is 48.5 Å². The predicted octanol–water partition coefficient (Wildman–Crippen LogP) is 4.68. The number of anilines is 2. The standard InChI is InChI=1S/C20H24N2O4/c1-5-25-17-9-7-6-8-16(17)22-18(23)14-10-12-15(13-11-14)21-19(24)26-20(2,3)4/h6-13H,5H2,1-4H3,(H,21,24)(H,22,23). The zero-order valence-corrected chi connectivity index (χ0v) is 15.5. The largest absolute Gasteiger partial charge is 0.492 e. The van der Waals surface area contributed by atoms with E-state index in [2.05, 4.69) is 10.6 Å². The molecule has 0 spiro atoms. The van der Waals surface area contributed by atoms with Gasteiger partial charge in [0.1, 0.15) is 11.4 Å². The first-order chi connectivity index (χ1) is 12.3. The molecule has 0 atom stereocenters. The molecule has 2 aromatic rings. The summed E-state index contributed by atoms with van der Waals surface area (Å²) >= 11 is 0. The Morgan fingerprint density at radius 1 is 0.962 bits per heavy atom. The van der Waals surface area contributed by atoms with Gasteiger partial charge >= 0.3 is 6.09 Å². The van der Waals surface area contributed by atoms with Crippen LogP contribution in [0.25, 0.3) is 0 Å². The van der Waals surface area contributed by atoms with Crippen molar-refractivity contribution in [3.05, 3.63) is 54.1 Å². The summed E-state index contributed by atoms with van der Waals surface area (Å²) in [4.78, 5) is 24.2. The molecule has 0 saturated carbocycles. The second kappa shape index (κ2) is 8.38. The normalized spacial score (nSPS) is 10.8. The van der Waals surface area contributed by atoms with E-state index in [9.17, 15) is 9.59 Å². The summed E-state index contributed by atoms with van der Waals surface area (Å²) in [6.45, 7) is 7.77. The van der Waals surface area contributed by atoms with Gasteiger partial charge in [0.05, 0.1) is 12.3 Å². The fourth-order valence-electron chi connectivity index (χ4n) is 2.17. The molecule has 26 heavy (non-hydrogen) atoms. The second-order valence-corrected chi connectivity index (χ2v) is 6.59. The number of carbonyl (C=O) groups is 2. The Labute approximate surface area is 153 Å². The van der Waals surface area contributed by atoms with E-state index < -0.39 is 11.7 Å². The third-order valence-electron chi connectivity index (χ3n) is 3.23. The maximum Gasteiger partial charge on any atom is 0.412 e. The predicted molar refractivity (Wildman–Crippen MR) is 102 cm³/mol. The van der Waals surface area contributed by atoms with Gasteiger partial charge in [0.2, 0.25) is 0 Å². The van der Waals surface area contributed by atoms with E-state index in [4.69, 9.17) is 9.47 Å². The van der Waals surface area contributed by atoms with Crippen molar-refractivity contribution in [1.82, 2.24) is 0 Å². The molecule has 0 aliphatic carbocycles. The first kappa shape index (κ1) is 19.3. The summed E-state index contributed by atoms with van der Waals surface area (Å²) in [5.74, 6) is 0.354. The second-order valence-electron chi connectivity index (χ2n) is 6.59. The lowest BCUT2D eigenvalue weighted by Gasteiger charge is -2.19. The van der Waals surface area contributed by atoms with E-state index in [-0.39, 0.29) is 5.91 Å². The van der Waals surface area contributed by atoms with Crippen LogP contribution in [0.3, 0.4) is 0 Å². The van der Waals surface area contributed by atoms with Gasteiger partial charge in [0.25, 0.3) is 5.91 Å². The summed E-state index contributed by atoms with van der Waals surface area (Å²) in [6, 6.07) is 13.8.